The zero-order valence-corrected chi connectivity index (χ0v) is 10.7. The first-order valence-corrected chi connectivity index (χ1v) is 6.18. The predicted molar refractivity (Wildman–Crippen MR) is 64.6 cm³/mol. The van der Waals surface area contributed by atoms with Crippen molar-refractivity contribution in [2.24, 2.45) is 0 Å². The van der Waals surface area contributed by atoms with E-state index in [-0.39, 0.29) is 25.2 Å². The van der Waals surface area contributed by atoms with Gasteiger partial charge in [0.15, 0.2) is 5.60 Å². The Hall–Kier alpha value is -1.10. The fraction of sp³-hybridized carbons (Fsp3) is 0.833. The first kappa shape index (κ1) is 15.9. The third kappa shape index (κ3) is 6.26. The summed E-state index contributed by atoms with van der Waals surface area (Å²) >= 11 is 0. The molecular formula is C12H23NO4. The number of carbonyl (C=O) groups excluding carboxylic acids is 1. The lowest BCUT2D eigenvalue weighted by molar-refractivity contribution is -0.159. The van der Waals surface area contributed by atoms with Crippen LogP contribution in [0.3, 0.4) is 0 Å². The highest BCUT2D eigenvalue weighted by Gasteiger charge is 2.33. The Morgan fingerprint density at radius 2 is 1.88 bits per heavy atom. The first-order valence-electron chi connectivity index (χ1n) is 6.18. The van der Waals surface area contributed by atoms with Gasteiger partial charge in [0, 0.05) is 13.0 Å². The number of unbranched alkanes of at least 4 members (excludes halogenated alkanes) is 2. The minimum absolute atomic E-state index is 0.0432. The van der Waals surface area contributed by atoms with Crippen LogP contribution in [0.1, 0.15) is 52.4 Å². The average molecular weight is 245 g/mol. The summed E-state index contributed by atoms with van der Waals surface area (Å²) in [5, 5.41) is 21.2. The molecule has 0 spiro atoms. The van der Waals surface area contributed by atoms with Gasteiger partial charge in [0.2, 0.25) is 5.91 Å². The van der Waals surface area contributed by atoms with E-state index in [4.69, 9.17) is 5.11 Å². The summed E-state index contributed by atoms with van der Waals surface area (Å²) in [6.45, 7) is 4.29. The van der Waals surface area contributed by atoms with E-state index in [1.54, 1.807) is 6.92 Å². The lowest BCUT2D eigenvalue weighted by Gasteiger charge is -2.20. The first-order chi connectivity index (χ1) is 7.96. The van der Waals surface area contributed by atoms with Crippen LogP contribution in [0.5, 0.6) is 0 Å². The van der Waals surface area contributed by atoms with E-state index >= 15 is 0 Å². The van der Waals surface area contributed by atoms with Gasteiger partial charge in [-0.3, -0.25) is 4.79 Å². The fourth-order valence-electron chi connectivity index (χ4n) is 1.45. The molecule has 0 bridgehead atoms. The number of carbonyl (C=O) groups is 2. The van der Waals surface area contributed by atoms with Crippen LogP contribution in [0.4, 0.5) is 0 Å². The third-order valence-corrected chi connectivity index (χ3v) is 2.85. The standard InChI is InChI=1S/C12H23NO4/c1-3-5-6-9-13-10(14)7-8-12(17,4-2)11(15)16/h17H,3-9H2,1-2H3,(H,13,14)(H,15,16)/t12-/m0/s1. The topological polar surface area (TPSA) is 86.6 Å². The van der Waals surface area contributed by atoms with Crippen molar-refractivity contribution in [3.8, 4) is 0 Å². The zero-order chi connectivity index (χ0) is 13.3. The maximum Gasteiger partial charge on any atom is 0.335 e. The van der Waals surface area contributed by atoms with Crippen LogP contribution in [-0.2, 0) is 9.59 Å². The van der Waals surface area contributed by atoms with Crippen molar-refractivity contribution in [2.45, 2.75) is 58.0 Å². The molecule has 0 saturated carbocycles. The molecule has 0 aromatic rings. The van der Waals surface area contributed by atoms with E-state index < -0.39 is 11.6 Å². The van der Waals surface area contributed by atoms with Gasteiger partial charge in [-0.15, -0.1) is 0 Å². The predicted octanol–water partition coefficient (Wildman–Crippen LogP) is 1.30. The Morgan fingerprint density at radius 1 is 1.24 bits per heavy atom. The van der Waals surface area contributed by atoms with Crippen LogP contribution in [0, 0.1) is 0 Å². The van der Waals surface area contributed by atoms with Gasteiger partial charge in [0.1, 0.15) is 0 Å². The van der Waals surface area contributed by atoms with E-state index in [0.29, 0.717) is 6.54 Å². The molecule has 0 aliphatic rings. The van der Waals surface area contributed by atoms with Crippen molar-refractivity contribution >= 4 is 11.9 Å². The SMILES string of the molecule is CCCCCNC(=O)CC[C@@](O)(CC)C(=O)O. The molecule has 0 aliphatic carbocycles. The third-order valence-electron chi connectivity index (χ3n) is 2.85. The van der Waals surface area contributed by atoms with Crippen LogP contribution >= 0.6 is 0 Å². The molecule has 5 heteroatoms. The van der Waals surface area contributed by atoms with E-state index in [1.165, 1.54) is 0 Å². The minimum atomic E-state index is -1.78. The molecule has 1 atom stereocenters. The quantitative estimate of drug-likeness (QED) is 0.534. The minimum Gasteiger partial charge on any atom is -0.479 e. The number of rotatable bonds is 9. The maximum absolute atomic E-state index is 11.4. The lowest BCUT2D eigenvalue weighted by Crippen LogP contribution is -2.39. The highest BCUT2D eigenvalue weighted by Crippen LogP contribution is 2.17. The Labute approximate surface area is 102 Å². The van der Waals surface area contributed by atoms with E-state index in [2.05, 4.69) is 12.2 Å². The number of aliphatic hydroxyl groups is 1. The molecule has 0 heterocycles. The smallest absolute Gasteiger partial charge is 0.335 e. The molecule has 100 valence electrons. The zero-order valence-electron chi connectivity index (χ0n) is 10.7. The van der Waals surface area contributed by atoms with Crippen LogP contribution < -0.4 is 5.32 Å². The Morgan fingerprint density at radius 3 is 2.35 bits per heavy atom. The van der Waals surface area contributed by atoms with Crippen molar-refractivity contribution in [3.05, 3.63) is 0 Å². The van der Waals surface area contributed by atoms with Crippen LogP contribution in [0.25, 0.3) is 0 Å². The molecule has 0 aromatic carbocycles. The van der Waals surface area contributed by atoms with Gasteiger partial charge in [-0.2, -0.15) is 0 Å². The van der Waals surface area contributed by atoms with Gasteiger partial charge < -0.3 is 15.5 Å². The molecule has 0 radical (unpaired) electrons. The normalized spacial score (nSPS) is 14.1. The average Bonchev–Trinajstić information content (AvgIpc) is 2.31. The molecule has 1 amide bonds. The van der Waals surface area contributed by atoms with Gasteiger partial charge >= 0.3 is 5.97 Å². The van der Waals surface area contributed by atoms with Crippen molar-refractivity contribution in [3.63, 3.8) is 0 Å². The summed E-state index contributed by atoms with van der Waals surface area (Å²) in [6.07, 6.45) is 3.19. The Kier molecular flexibility index (Phi) is 7.54. The molecule has 3 N–H and O–H groups in total. The molecule has 0 aliphatic heterocycles. The van der Waals surface area contributed by atoms with Crippen molar-refractivity contribution in [2.75, 3.05) is 6.54 Å². The summed E-state index contributed by atoms with van der Waals surface area (Å²) in [5.41, 5.74) is -1.78. The molecule has 0 saturated heterocycles. The van der Waals surface area contributed by atoms with Crippen molar-refractivity contribution in [1.29, 1.82) is 0 Å². The number of aliphatic carboxylic acids is 1. The largest absolute Gasteiger partial charge is 0.479 e. The highest BCUT2D eigenvalue weighted by molar-refractivity contribution is 5.80. The Bertz CT molecular complexity index is 255. The monoisotopic (exact) mass is 245 g/mol. The number of amides is 1. The van der Waals surface area contributed by atoms with Crippen LogP contribution in [-0.4, -0.2) is 34.2 Å². The molecule has 5 nitrogen and oxygen atoms in total. The second kappa shape index (κ2) is 8.06. The molecular weight excluding hydrogens is 222 g/mol. The molecule has 0 aromatic heterocycles. The summed E-state index contributed by atoms with van der Waals surface area (Å²) in [6, 6.07) is 0. The number of carboxylic acid groups (broad SMARTS) is 1. The molecule has 0 unspecified atom stereocenters. The van der Waals surface area contributed by atoms with E-state index in [9.17, 15) is 14.7 Å². The Balaban J connectivity index is 3.86. The number of carboxylic acids is 1. The molecule has 0 fully saturated rings. The fourth-order valence-corrected chi connectivity index (χ4v) is 1.45. The van der Waals surface area contributed by atoms with Crippen molar-refractivity contribution in [1.82, 2.24) is 5.32 Å². The number of hydrogen-bond acceptors (Lipinski definition) is 3. The van der Waals surface area contributed by atoms with Gasteiger partial charge in [-0.05, 0) is 19.3 Å². The number of hydrogen-bond donors (Lipinski definition) is 3. The lowest BCUT2D eigenvalue weighted by atomic mass is 9.95. The maximum atomic E-state index is 11.4. The second-order valence-electron chi connectivity index (χ2n) is 4.25. The molecule has 0 rings (SSSR count). The second-order valence-corrected chi connectivity index (χ2v) is 4.25. The van der Waals surface area contributed by atoms with E-state index in [1.807, 2.05) is 0 Å². The summed E-state index contributed by atoms with van der Waals surface area (Å²) in [5.74, 6) is -1.46. The molecule has 17 heavy (non-hydrogen) atoms. The summed E-state index contributed by atoms with van der Waals surface area (Å²) in [4.78, 5) is 22.2. The van der Waals surface area contributed by atoms with Gasteiger partial charge in [0.05, 0.1) is 0 Å². The van der Waals surface area contributed by atoms with E-state index in [0.717, 1.165) is 19.3 Å². The van der Waals surface area contributed by atoms with Crippen molar-refractivity contribution < 1.29 is 19.8 Å². The summed E-state index contributed by atoms with van der Waals surface area (Å²) < 4.78 is 0. The van der Waals surface area contributed by atoms with Gasteiger partial charge in [-0.1, -0.05) is 26.7 Å². The summed E-state index contributed by atoms with van der Waals surface area (Å²) in [7, 11) is 0. The highest BCUT2D eigenvalue weighted by atomic mass is 16.4. The number of nitrogens with one attached hydrogen (secondary N) is 1. The van der Waals surface area contributed by atoms with Gasteiger partial charge in [-0.25, -0.2) is 4.79 Å². The van der Waals surface area contributed by atoms with Crippen LogP contribution in [0.2, 0.25) is 0 Å². The van der Waals surface area contributed by atoms with Crippen LogP contribution in [0.15, 0.2) is 0 Å². The van der Waals surface area contributed by atoms with Gasteiger partial charge in [0.25, 0.3) is 0 Å².